The molecule has 0 fully saturated rings. The van der Waals surface area contributed by atoms with Crippen LogP contribution < -0.4 is 5.32 Å². The Labute approximate surface area is 216 Å². The number of aromatic hydroxyl groups is 1. The van der Waals surface area contributed by atoms with Gasteiger partial charge in [0, 0.05) is 17.2 Å². The van der Waals surface area contributed by atoms with Crippen molar-refractivity contribution in [2.45, 2.75) is 46.4 Å². The van der Waals surface area contributed by atoms with Crippen LogP contribution in [0.2, 0.25) is 0 Å². The van der Waals surface area contributed by atoms with Crippen LogP contribution in [-0.4, -0.2) is 35.9 Å². The predicted octanol–water partition coefficient (Wildman–Crippen LogP) is 6.62. The molecule has 8 nitrogen and oxygen atoms in total. The Morgan fingerprint density at radius 2 is 1.75 bits per heavy atom. The molecule has 2 unspecified atom stereocenters. The van der Waals surface area contributed by atoms with E-state index in [2.05, 4.69) is 10.3 Å². The van der Waals surface area contributed by atoms with Gasteiger partial charge in [0.25, 0.3) is 0 Å². The molecule has 0 aliphatic carbocycles. The standard InChI is InChI=1S/C26H33N2O6PS/c1-6-32-26(30)23-18(5)28-25(36-23)20-14-15-22(29)21(16-20)24(35(31,33-7-2)34-8-3)27-17(4)19-12-10-9-11-13-19/h9-17,24,27,29H,6-8H2,1-5H3. The molecule has 3 aromatic rings. The molecule has 0 aliphatic rings. The second kappa shape index (κ2) is 12.6. The highest BCUT2D eigenvalue weighted by Crippen LogP contribution is 2.61. The molecule has 0 saturated carbocycles. The van der Waals surface area contributed by atoms with Gasteiger partial charge >= 0.3 is 13.6 Å². The fourth-order valence-electron chi connectivity index (χ4n) is 3.78. The molecule has 10 heteroatoms. The maximum atomic E-state index is 14.0. The fourth-order valence-corrected chi connectivity index (χ4v) is 6.79. The Kier molecular flexibility index (Phi) is 9.82. The first-order valence-corrected chi connectivity index (χ1v) is 14.3. The lowest BCUT2D eigenvalue weighted by atomic mass is 10.1. The van der Waals surface area contributed by atoms with Gasteiger partial charge in [-0.25, -0.2) is 9.78 Å². The molecule has 2 N–H and O–H groups in total. The van der Waals surface area contributed by atoms with Gasteiger partial charge in [0.05, 0.1) is 25.5 Å². The van der Waals surface area contributed by atoms with Gasteiger partial charge in [-0.05, 0) is 58.4 Å². The number of hydrogen-bond donors (Lipinski definition) is 2. The number of phenolic OH excluding ortho intramolecular Hbond substituents is 1. The highest BCUT2D eigenvalue weighted by atomic mass is 32.1. The monoisotopic (exact) mass is 532 g/mol. The van der Waals surface area contributed by atoms with Crippen molar-refractivity contribution in [2.75, 3.05) is 19.8 Å². The van der Waals surface area contributed by atoms with Crippen LogP contribution in [0, 0.1) is 6.92 Å². The Bertz CT molecular complexity index is 1210. The van der Waals surface area contributed by atoms with E-state index >= 15 is 0 Å². The van der Waals surface area contributed by atoms with Crippen LogP contribution in [0.5, 0.6) is 5.75 Å². The van der Waals surface area contributed by atoms with Crippen molar-refractivity contribution in [2.24, 2.45) is 0 Å². The number of aromatic nitrogens is 1. The minimum absolute atomic E-state index is 0.0602. The molecular formula is C26H33N2O6PS. The van der Waals surface area contributed by atoms with Crippen molar-refractivity contribution >= 4 is 24.9 Å². The van der Waals surface area contributed by atoms with Crippen LogP contribution in [-0.2, 0) is 18.3 Å². The second-order valence-electron chi connectivity index (χ2n) is 8.00. The van der Waals surface area contributed by atoms with E-state index in [4.69, 9.17) is 13.8 Å². The summed E-state index contributed by atoms with van der Waals surface area (Å²) in [6, 6.07) is 14.4. The maximum Gasteiger partial charge on any atom is 0.352 e. The smallest absolute Gasteiger partial charge is 0.352 e. The quantitative estimate of drug-likeness (QED) is 0.198. The van der Waals surface area contributed by atoms with Crippen molar-refractivity contribution < 1.29 is 28.3 Å². The summed E-state index contributed by atoms with van der Waals surface area (Å²) in [4.78, 5) is 17.3. The third kappa shape index (κ3) is 6.41. The zero-order valence-corrected chi connectivity index (χ0v) is 22.9. The molecule has 36 heavy (non-hydrogen) atoms. The van der Waals surface area contributed by atoms with Crippen LogP contribution >= 0.6 is 18.9 Å². The number of carbonyl (C=O) groups is 1. The van der Waals surface area contributed by atoms with Crippen LogP contribution in [0.15, 0.2) is 48.5 Å². The SMILES string of the molecule is CCOC(=O)c1sc(-c2ccc(O)c(C(NC(C)c3ccccc3)P(=O)(OCC)OCC)c2)nc1C. The van der Waals surface area contributed by atoms with E-state index in [-0.39, 0.29) is 31.6 Å². The third-order valence-electron chi connectivity index (χ3n) is 5.47. The van der Waals surface area contributed by atoms with Gasteiger partial charge in [0.15, 0.2) is 0 Å². The second-order valence-corrected chi connectivity index (χ2v) is 11.1. The molecule has 2 aromatic carbocycles. The number of nitrogens with one attached hydrogen (secondary N) is 1. The predicted molar refractivity (Wildman–Crippen MR) is 142 cm³/mol. The Balaban J connectivity index is 2.08. The van der Waals surface area contributed by atoms with E-state index in [1.807, 2.05) is 37.3 Å². The number of benzene rings is 2. The molecule has 1 heterocycles. The van der Waals surface area contributed by atoms with Crippen LogP contribution in [0.3, 0.4) is 0 Å². The number of carbonyl (C=O) groups excluding carboxylic acids is 1. The highest BCUT2D eigenvalue weighted by Gasteiger charge is 2.39. The van der Waals surface area contributed by atoms with Gasteiger partial charge in [-0.15, -0.1) is 11.3 Å². The summed E-state index contributed by atoms with van der Waals surface area (Å²) in [7, 11) is -3.76. The zero-order valence-electron chi connectivity index (χ0n) is 21.2. The average Bonchev–Trinajstić information content (AvgIpc) is 3.25. The van der Waals surface area contributed by atoms with Crippen LogP contribution in [0.1, 0.15) is 66.0 Å². The molecule has 1 aromatic heterocycles. The topological polar surface area (TPSA) is 107 Å². The van der Waals surface area contributed by atoms with Crippen molar-refractivity contribution in [3.63, 3.8) is 0 Å². The zero-order chi connectivity index (χ0) is 26.3. The number of phenols is 1. The van der Waals surface area contributed by atoms with Gasteiger partial charge in [0.1, 0.15) is 21.4 Å². The molecular weight excluding hydrogens is 499 g/mol. The van der Waals surface area contributed by atoms with Gasteiger partial charge in [0.2, 0.25) is 0 Å². The average molecular weight is 533 g/mol. The number of thiazole rings is 1. The Morgan fingerprint density at radius 3 is 2.36 bits per heavy atom. The molecule has 3 rings (SSSR count). The number of esters is 1. The molecule has 0 spiro atoms. The van der Waals surface area contributed by atoms with Gasteiger partial charge < -0.3 is 18.9 Å². The molecule has 194 valence electrons. The van der Waals surface area contributed by atoms with Crippen molar-refractivity contribution in [3.8, 4) is 16.3 Å². The van der Waals surface area contributed by atoms with Gasteiger partial charge in [-0.1, -0.05) is 30.3 Å². The molecule has 0 bridgehead atoms. The van der Waals surface area contributed by atoms with E-state index in [0.29, 0.717) is 26.7 Å². The van der Waals surface area contributed by atoms with E-state index in [0.717, 1.165) is 5.56 Å². The molecule has 0 amide bonds. The molecule has 0 saturated heterocycles. The third-order valence-corrected chi connectivity index (χ3v) is 8.95. The summed E-state index contributed by atoms with van der Waals surface area (Å²) in [6.07, 6.45) is 0. The largest absolute Gasteiger partial charge is 0.508 e. The molecule has 2 atom stereocenters. The maximum absolute atomic E-state index is 14.0. The van der Waals surface area contributed by atoms with Crippen molar-refractivity contribution in [3.05, 3.63) is 70.2 Å². The van der Waals surface area contributed by atoms with E-state index in [1.165, 1.54) is 17.4 Å². The normalized spacial score (nSPS) is 13.4. The first-order chi connectivity index (χ1) is 17.2. The lowest BCUT2D eigenvalue weighted by molar-refractivity contribution is 0.0531. The van der Waals surface area contributed by atoms with Crippen molar-refractivity contribution in [1.82, 2.24) is 10.3 Å². The summed E-state index contributed by atoms with van der Waals surface area (Å²) in [5.41, 5.74) is 2.55. The number of rotatable bonds is 12. The van der Waals surface area contributed by atoms with E-state index < -0.39 is 19.3 Å². The molecule has 0 radical (unpaired) electrons. The lowest BCUT2D eigenvalue weighted by Gasteiger charge is -2.30. The highest BCUT2D eigenvalue weighted by molar-refractivity contribution is 7.54. The summed E-state index contributed by atoms with van der Waals surface area (Å²) >= 11 is 1.21. The van der Waals surface area contributed by atoms with Crippen molar-refractivity contribution in [1.29, 1.82) is 0 Å². The number of hydrogen-bond acceptors (Lipinski definition) is 9. The summed E-state index contributed by atoms with van der Waals surface area (Å²) in [6.45, 7) is 9.54. The Hall–Kier alpha value is -2.55. The molecule has 0 aliphatic heterocycles. The Morgan fingerprint density at radius 1 is 1.08 bits per heavy atom. The van der Waals surface area contributed by atoms with Crippen LogP contribution in [0.4, 0.5) is 0 Å². The first kappa shape index (κ1) is 28.0. The minimum atomic E-state index is -3.76. The summed E-state index contributed by atoms with van der Waals surface area (Å²) in [5.74, 6) is -1.45. The number of nitrogens with zero attached hydrogens (tertiary/aromatic N) is 1. The van der Waals surface area contributed by atoms with Gasteiger partial charge in [-0.3, -0.25) is 9.88 Å². The summed E-state index contributed by atoms with van der Waals surface area (Å²) < 4.78 is 30.5. The van der Waals surface area contributed by atoms with Gasteiger partial charge in [-0.2, -0.15) is 0 Å². The lowest BCUT2D eigenvalue weighted by Crippen LogP contribution is -2.26. The van der Waals surface area contributed by atoms with E-state index in [9.17, 15) is 14.5 Å². The fraction of sp³-hybridized carbons (Fsp3) is 0.385. The summed E-state index contributed by atoms with van der Waals surface area (Å²) in [5, 5.41) is 14.8. The first-order valence-electron chi connectivity index (χ1n) is 11.9. The minimum Gasteiger partial charge on any atom is -0.508 e. The van der Waals surface area contributed by atoms with Crippen LogP contribution in [0.25, 0.3) is 10.6 Å². The van der Waals surface area contributed by atoms with E-state index in [1.54, 1.807) is 39.8 Å². The number of ether oxygens (including phenoxy) is 1. The number of aryl methyl sites for hydroxylation is 1.